The Labute approximate surface area is 117 Å². The molecule has 1 amide bonds. The molecule has 1 aromatic rings. The average molecular weight is 310 g/mol. The van der Waals surface area contributed by atoms with E-state index >= 15 is 0 Å². The number of rotatable bonds is 3. The van der Waals surface area contributed by atoms with E-state index in [1.807, 2.05) is 11.8 Å². The molecule has 0 aliphatic carbocycles. The van der Waals surface area contributed by atoms with Crippen molar-refractivity contribution < 1.29 is 4.79 Å². The van der Waals surface area contributed by atoms with Crippen LogP contribution < -0.4 is 0 Å². The minimum atomic E-state index is -0.0526. The fraction of sp³-hybridized carbons (Fsp3) is 0.533. The van der Waals surface area contributed by atoms with Crippen LogP contribution in [-0.4, -0.2) is 28.7 Å². The van der Waals surface area contributed by atoms with Crippen molar-refractivity contribution in [1.29, 1.82) is 0 Å². The smallest absolute Gasteiger partial charge is 0.236 e. The first kappa shape index (κ1) is 13.6. The molecule has 0 bridgehead atoms. The summed E-state index contributed by atoms with van der Waals surface area (Å²) in [5.41, 5.74) is 1.41. The highest BCUT2D eigenvalue weighted by molar-refractivity contribution is 9.10. The second-order valence-corrected chi connectivity index (χ2v) is 6.45. The number of hydrogen-bond donors (Lipinski definition) is 0. The van der Waals surface area contributed by atoms with E-state index in [0.29, 0.717) is 0 Å². The van der Waals surface area contributed by atoms with Crippen LogP contribution in [0.15, 0.2) is 30.3 Å². The van der Waals surface area contributed by atoms with Gasteiger partial charge in [-0.15, -0.1) is 0 Å². The number of alkyl halides is 1. The zero-order valence-corrected chi connectivity index (χ0v) is 12.4. The molecule has 0 spiro atoms. The lowest BCUT2D eigenvalue weighted by atomic mass is 9.90. The molecule has 2 rings (SSSR count). The van der Waals surface area contributed by atoms with Gasteiger partial charge in [-0.3, -0.25) is 4.79 Å². The zero-order valence-electron chi connectivity index (χ0n) is 10.8. The van der Waals surface area contributed by atoms with Gasteiger partial charge in [-0.1, -0.05) is 46.3 Å². The Morgan fingerprint density at radius 3 is 2.50 bits per heavy atom. The van der Waals surface area contributed by atoms with Crippen LogP contribution in [0.3, 0.4) is 0 Å². The van der Waals surface area contributed by atoms with Crippen LogP contribution in [0, 0.1) is 5.92 Å². The number of likely N-dealkylation sites (tertiary alicyclic amines) is 1. The van der Waals surface area contributed by atoms with E-state index in [4.69, 9.17) is 0 Å². The fourth-order valence-electron chi connectivity index (χ4n) is 2.56. The molecule has 3 heteroatoms. The zero-order chi connectivity index (χ0) is 13.0. The summed E-state index contributed by atoms with van der Waals surface area (Å²) in [5.74, 6) is 0.954. The number of amides is 1. The van der Waals surface area contributed by atoms with Gasteiger partial charge >= 0.3 is 0 Å². The van der Waals surface area contributed by atoms with Gasteiger partial charge in [0.05, 0.1) is 4.83 Å². The Balaban J connectivity index is 1.82. The number of nitrogens with zero attached hydrogens (tertiary/aromatic N) is 1. The van der Waals surface area contributed by atoms with Crippen LogP contribution in [-0.2, 0) is 11.2 Å². The van der Waals surface area contributed by atoms with Gasteiger partial charge in [0, 0.05) is 13.1 Å². The van der Waals surface area contributed by atoms with Crippen molar-refractivity contribution in [2.45, 2.75) is 31.0 Å². The van der Waals surface area contributed by atoms with Gasteiger partial charge in [0.15, 0.2) is 0 Å². The number of carbonyl (C=O) groups excluding carboxylic acids is 1. The molecule has 1 aromatic carbocycles. The normalized spacial score (nSPS) is 18.7. The van der Waals surface area contributed by atoms with Gasteiger partial charge in [0.2, 0.25) is 5.91 Å². The summed E-state index contributed by atoms with van der Waals surface area (Å²) in [5, 5.41) is 0. The maximum atomic E-state index is 11.8. The first-order valence-electron chi connectivity index (χ1n) is 6.63. The molecule has 98 valence electrons. The van der Waals surface area contributed by atoms with Crippen LogP contribution in [0.4, 0.5) is 0 Å². The highest BCUT2D eigenvalue weighted by Crippen LogP contribution is 2.22. The predicted molar refractivity (Wildman–Crippen MR) is 77.8 cm³/mol. The van der Waals surface area contributed by atoms with Gasteiger partial charge < -0.3 is 4.90 Å². The van der Waals surface area contributed by atoms with E-state index in [2.05, 4.69) is 46.3 Å². The summed E-state index contributed by atoms with van der Waals surface area (Å²) in [6.07, 6.45) is 3.40. The summed E-state index contributed by atoms with van der Waals surface area (Å²) >= 11 is 3.35. The van der Waals surface area contributed by atoms with E-state index < -0.39 is 0 Å². The third-order valence-corrected chi connectivity index (χ3v) is 4.03. The van der Waals surface area contributed by atoms with E-state index in [1.165, 1.54) is 5.56 Å². The quantitative estimate of drug-likeness (QED) is 0.785. The molecule has 1 saturated heterocycles. The number of piperidine rings is 1. The van der Waals surface area contributed by atoms with E-state index in [9.17, 15) is 4.79 Å². The average Bonchev–Trinajstić information content (AvgIpc) is 2.40. The Kier molecular flexibility index (Phi) is 4.81. The van der Waals surface area contributed by atoms with E-state index in [1.54, 1.807) is 0 Å². The molecule has 2 nitrogen and oxygen atoms in total. The summed E-state index contributed by atoms with van der Waals surface area (Å²) in [6.45, 7) is 3.72. The Hall–Kier alpha value is -0.830. The minimum absolute atomic E-state index is 0.0526. The van der Waals surface area contributed by atoms with E-state index in [-0.39, 0.29) is 10.7 Å². The summed E-state index contributed by atoms with van der Waals surface area (Å²) < 4.78 is 0. The lowest BCUT2D eigenvalue weighted by Crippen LogP contribution is -2.41. The SMILES string of the molecule is C[C@@H](Br)C(=O)N1CCC(Cc2ccccc2)CC1. The molecule has 1 fully saturated rings. The van der Waals surface area contributed by atoms with Crippen LogP contribution in [0.1, 0.15) is 25.3 Å². The largest absolute Gasteiger partial charge is 0.342 e. The van der Waals surface area contributed by atoms with Crippen molar-refractivity contribution in [3.05, 3.63) is 35.9 Å². The van der Waals surface area contributed by atoms with E-state index in [0.717, 1.165) is 38.3 Å². The van der Waals surface area contributed by atoms with Crippen molar-refractivity contribution in [3.63, 3.8) is 0 Å². The summed E-state index contributed by atoms with van der Waals surface area (Å²) in [4.78, 5) is 13.8. The number of carbonyl (C=O) groups is 1. The lowest BCUT2D eigenvalue weighted by molar-refractivity contribution is -0.131. The molecular weight excluding hydrogens is 290 g/mol. The number of halogens is 1. The lowest BCUT2D eigenvalue weighted by Gasteiger charge is -2.32. The number of benzene rings is 1. The second-order valence-electron chi connectivity index (χ2n) is 5.07. The highest BCUT2D eigenvalue weighted by Gasteiger charge is 2.24. The molecule has 1 heterocycles. The molecule has 0 saturated carbocycles. The maximum Gasteiger partial charge on any atom is 0.236 e. The Morgan fingerprint density at radius 1 is 1.33 bits per heavy atom. The highest BCUT2D eigenvalue weighted by atomic mass is 79.9. The van der Waals surface area contributed by atoms with Gasteiger partial charge in [-0.05, 0) is 37.7 Å². The maximum absolute atomic E-state index is 11.8. The van der Waals surface area contributed by atoms with Crippen LogP contribution >= 0.6 is 15.9 Å². The fourth-order valence-corrected chi connectivity index (χ4v) is 2.85. The molecule has 0 N–H and O–H groups in total. The van der Waals surface area contributed by atoms with Gasteiger partial charge in [0.25, 0.3) is 0 Å². The molecule has 0 aromatic heterocycles. The van der Waals surface area contributed by atoms with Gasteiger partial charge in [0.1, 0.15) is 0 Å². The van der Waals surface area contributed by atoms with Gasteiger partial charge in [-0.2, -0.15) is 0 Å². The summed E-state index contributed by atoms with van der Waals surface area (Å²) in [7, 11) is 0. The second kappa shape index (κ2) is 6.37. The van der Waals surface area contributed by atoms with Crippen LogP contribution in [0.2, 0.25) is 0 Å². The van der Waals surface area contributed by atoms with Crippen molar-refractivity contribution in [1.82, 2.24) is 4.90 Å². The topological polar surface area (TPSA) is 20.3 Å². The predicted octanol–water partition coefficient (Wildman–Crippen LogP) is 3.25. The van der Waals surface area contributed by atoms with Crippen molar-refractivity contribution >= 4 is 21.8 Å². The molecule has 1 aliphatic heterocycles. The molecule has 18 heavy (non-hydrogen) atoms. The minimum Gasteiger partial charge on any atom is -0.342 e. The van der Waals surface area contributed by atoms with Gasteiger partial charge in [-0.25, -0.2) is 0 Å². The molecule has 1 atom stereocenters. The van der Waals surface area contributed by atoms with Crippen molar-refractivity contribution in [3.8, 4) is 0 Å². The first-order chi connectivity index (χ1) is 8.66. The Morgan fingerprint density at radius 2 is 1.94 bits per heavy atom. The molecular formula is C15H20BrNO. The van der Waals surface area contributed by atoms with Crippen molar-refractivity contribution in [2.75, 3.05) is 13.1 Å². The number of hydrogen-bond acceptors (Lipinski definition) is 1. The van der Waals surface area contributed by atoms with Crippen molar-refractivity contribution in [2.24, 2.45) is 5.92 Å². The Bertz CT molecular complexity index is 383. The molecule has 1 aliphatic rings. The van der Waals surface area contributed by atoms with Crippen LogP contribution in [0.25, 0.3) is 0 Å². The molecule has 0 radical (unpaired) electrons. The third kappa shape index (κ3) is 3.58. The third-order valence-electron chi connectivity index (χ3n) is 3.63. The standard InChI is InChI=1S/C15H20BrNO/c1-12(16)15(18)17-9-7-14(8-10-17)11-13-5-3-2-4-6-13/h2-6,12,14H,7-11H2,1H3/t12-/m1/s1. The monoisotopic (exact) mass is 309 g/mol. The molecule has 0 unspecified atom stereocenters. The summed E-state index contributed by atoms with van der Waals surface area (Å²) in [6, 6.07) is 10.6. The first-order valence-corrected chi connectivity index (χ1v) is 7.55. The van der Waals surface area contributed by atoms with Crippen LogP contribution in [0.5, 0.6) is 0 Å².